The van der Waals surface area contributed by atoms with Crippen molar-refractivity contribution in [1.82, 2.24) is 0 Å². The van der Waals surface area contributed by atoms with Crippen molar-refractivity contribution >= 4 is 53.5 Å². The van der Waals surface area contributed by atoms with E-state index in [0.29, 0.717) is 0 Å². The fraction of sp³-hybridized carbons (Fsp3) is 0.500. The highest BCUT2D eigenvalue weighted by molar-refractivity contribution is 9.11. The van der Waals surface area contributed by atoms with E-state index in [-0.39, 0.29) is 12.1 Å². The van der Waals surface area contributed by atoms with Crippen molar-refractivity contribution in [2.75, 3.05) is 5.32 Å². The summed E-state index contributed by atoms with van der Waals surface area (Å²) in [5.74, 6) is 0. The molecule has 5 heteroatoms. The van der Waals surface area contributed by atoms with Crippen LogP contribution in [0.5, 0.6) is 0 Å². The smallest absolute Gasteiger partial charge is 0.0741 e. The number of anilines is 1. The zero-order valence-electron chi connectivity index (χ0n) is 9.22. The van der Waals surface area contributed by atoms with E-state index in [0.717, 1.165) is 38.4 Å². The Morgan fingerprint density at radius 2 is 1.65 bits per heavy atom. The average molecular weight is 428 g/mol. The van der Waals surface area contributed by atoms with E-state index in [4.69, 9.17) is 0 Å². The first-order chi connectivity index (χ1) is 8.08. The number of hydrogen-bond acceptors (Lipinski definition) is 2. The Balaban J connectivity index is 2.17. The molecule has 17 heavy (non-hydrogen) atoms. The zero-order chi connectivity index (χ0) is 12.4. The lowest BCUT2D eigenvalue weighted by Gasteiger charge is -2.30. The summed E-state index contributed by atoms with van der Waals surface area (Å²) in [6.07, 6.45) is 3.98. The van der Waals surface area contributed by atoms with E-state index < -0.39 is 0 Å². The van der Waals surface area contributed by atoms with Gasteiger partial charge in [0.25, 0.3) is 0 Å². The van der Waals surface area contributed by atoms with Gasteiger partial charge in [-0.15, -0.1) is 0 Å². The summed E-state index contributed by atoms with van der Waals surface area (Å²) in [5, 5.41) is 13.4. The molecule has 0 aromatic heterocycles. The van der Waals surface area contributed by atoms with Gasteiger partial charge in [0.15, 0.2) is 0 Å². The largest absolute Gasteiger partial charge is 0.391 e. The van der Waals surface area contributed by atoms with Gasteiger partial charge in [0, 0.05) is 13.4 Å². The predicted molar refractivity (Wildman–Crippen MR) is 81.4 cm³/mol. The Morgan fingerprint density at radius 1 is 1.06 bits per heavy atom. The molecule has 0 saturated heterocycles. The molecular formula is C12H14Br3NO. The van der Waals surface area contributed by atoms with Crippen molar-refractivity contribution in [2.24, 2.45) is 0 Å². The fourth-order valence-corrected chi connectivity index (χ4v) is 4.63. The Morgan fingerprint density at radius 3 is 2.24 bits per heavy atom. The molecule has 0 amide bonds. The van der Waals surface area contributed by atoms with Crippen molar-refractivity contribution in [1.29, 1.82) is 0 Å². The standard InChI is InChI=1S/C12H14Br3NO/c13-7-5-8(14)12(9(15)6-7)16-10-3-1-2-4-11(10)17/h5-6,10-11,16-17H,1-4H2/t10-,11-/m0/s1. The first-order valence-electron chi connectivity index (χ1n) is 5.67. The highest BCUT2D eigenvalue weighted by Gasteiger charge is 2.24. The van der Waals surface area contributed by atoms with Gasteiger partial charge in [-0.3, -0.25) is 0 Å². The van der Waals surface area contributed by atoms with Crippen molar-refractivity contribution in [3.05, 3.63) is 25.6 Å². The summed E-state index contributed by atoms with van der Waals surface area (Å²) >= 11 is 10.5. The van der Waals surface area contributed by atoms with Gasteiger partial charge in [0.05, 0.1) is 17.8 Å². The molecule has 1 fully saturated rings. The van der Waals surface area contributed by atoms with E-state index in [9.17, 15) is 5.11 Å². The molecule has 2 nitrogen and oxygen atoms in total. The van der Waals surface area contributed by atoms with Crippen molar-refractivity contribution in [3.63, 3.8) is 0 Å². The summed E-state index contributed by atoms with van der Waals surface area (Å²) in [5.41, 5.74) is 1.01. The van der Waals surface area contributed by atoms with Crippen LogP contribution in [-0.4, -0.2) is 17.3 Å². The van der Waals surface area contributed by atoms with Gasteiger partial charge < -0.3 is 10.4 Å². The molecule has 1 aromatic carbocycles. The summed E-state index contributed by atoms with van der Waals surface area (Å²) in [7, 11) is 0. The molecule has 1 saturated carbocycles. The second-order valence-electron chi connectivity index (χ2n) is 4.35. The van der Waals surface area contributed by atoms with Crippen LogP contribution < -0.4 is 5.32 Å². The molecule has 2 N–H and O–H groups in total. The number of nitrogens with one attached hydrogen (secondary N) is 1. The Labute approximate surface area is 127 Å². The molecule has 0 bridgehead atoms. The van der Waals surface area contributed by atoms with Crippen LogP contribution in [0.15, 0.2) is 25.6 Å². The minimum atomic E-state index is -0.244. The van der Waals surface area contributed by atoms with Crippen LogP contribution >= 0.6 is 47.8 Å². The van der Waals surface area contributed by atoms with Gasteiger partial charge in [-0.25, -0.2) is 0 Å². The highest BCUT2D eigenvalue weighted by atomic mass is 79.9. The molecule has 0 unspecified atom stereocenters. The molecule has 1 aliphatic carbocycles. The normalized spacial score (nSPS) is 24.7. The maximum atomic E-state index is 9.96. The predicted octanol–water partition coefficient (Wildman–Crippen LogP) is 4.69. The number of rotatable bonds is 2. The third-order valence-electron chi connectivity index (χ3n) is 3.07. The van der Waals surface area contributed by atoms with Crippen molar-refractivity contribution in [2.45, 2.75) is 37.8 Å². The van der Waals surface area contributed by atoms with Crippen LogP contribution in [0.4, 0.5) is 5.69 Å². The lowest BCUT2D eigenvalue weighted by molar-refractivity contribution is 0.116. The Bertz CT molecular complexity index is 388. The third-order valence-corrected chi connectivity index (χ3v) is 4.77. The monoisotopic (exact) mass is 425 g/mol. The topological polar surface area (TPSA) is 32.3 Å². The highest BCUT2D eigenvalue weighted by Crippen LogP contribution is 2.36. The van der Waals surface area contributed by atoms with E-state index in [2.05, 4.69) is 53.1 Å². The van der Waals surface area contributed by atoms with Gasteiger partial charge in [-0.2, -0.15) is 0 Å². The summed E-state index contributed by atoms with van der Waals surface area (Å²) in [6.45, 7) is 0. The molecule has 0 spiro atoms. The average Bonchev–Trinajstić information content (AvgIpc) is 2.25. The number of benzene rings is 1. The van der Waals surface area contributed by atoms with Crippen molar-refractivity contribution in [3.8, 4) is 0 Å². The molecule has 1 aromatic rings. The van der Waals surface area contributed by atoms with E-state index in [1.54, 1.807) is 0 Å². The van der Waals surface area contributed by atoms with Crippen LogP contribution in [0.2, 0.25) is 0 Å². The summed E-state index contributed by atoms with van der Waals surface area (Å²) < 4.78 is 3.01. The molecule has 94 valence electrons. The molecule has 2 atom stereocenters. The molecule has 2 rings (SSSR count). The van der Waals surface area contributed by atoms with Crippen LogP contribution in [0.25, 0.3) is 0 Å². The zero-order valence-corrected chi connectivity index (χ0v) is 14.0. The number of aliphatic hydroxyl groups is 1. The third kappa shape index (κ3) is 3.46. The first kappa shape index (κ1) is 13.8. The molecule has 0 radical (unpaired) electrons. The van der Waals surface area contributed by atoms with Crippen molar-refractivity contribution < 1.29 is 5.11 Å². The van der Waals surface area contributed by atoms with Crippen LogP contribution in [0, 0.1) is 0 Å². The van der Waals surface area contributed by atoms with E-state index in [1.165, 1.54) is 6.42 Å². The van der Waals surface area contributed by atoms with Crippen LogP contribution in [-0.2, 0) is 0 Å². The number of aliphatic hydroxyl groups excluding tert-OH is 1. The maximum Gasteiger partial charge on any atom is 0.0741 e. The van der Waals surface area contributed by atoms with Gasteiger partial charge in [-0.1, -0.05) is 28.8 Å². The van der Waals surface area contributed by atoms with Gasteiger partial charge >= 0.3 is 0 Å². The summed E-state index contributed by atoms with van der Waals surface area (Å²) in [6, 6.07) is 4.16. The molecule has 1 aliphatic rings. The van der Waals surface area contributed by atoms with E-state index in [1.807, 2.05) is 12.1 Å². The molecule has 0 heterocycles. The molecule has 0 aliphatic heterocycles. The quantitative estimate of drug-likeness (QED) is 0.717. The number of halogens is 3. The van der Waals surface area contributed by atoms with Gasteiger partial charge in [-0.05, 0) is 56.8 Å². The van der Waals surface area contributed by atoms with E-state index >= 15 is 0 Å². The summed E-state index contributed by atoms with van der Waals surface area (Å²) in [4.78, 5) is 0. The Kier molecular flexibility index (Phi) is 4.92. The maximum absolute atomic E-state index is 9.96. The van der Waals surface area contributed by atoms with Crippen LogP contribution in [0.1, 0.15) is 25.7 Å². The number of hydrogen-bond donors (Lipinski definition) is 2. The lowest BCUT2D eigenvalue weighted by Crippen LogP contribution is -2.36. The molecular weight excluding hydrogens is 414 g/mol. The second kappa shape index (κ2) is 6.04. The lowest BCUT2D eigenvalue weighted by atomic mass is 9.92. The first-order valence-corrected chi connectivity index (χ1v) is 8.05. The second-order valence-corrected chi connectivity index (χ2v) is 6.97. The SMILES string of the molecule is O[C@H]1CCCC[C@@H]1Nc1c(Br)cc(Br)cc1Br. The van der Waals surface area contributed by atoms with Gasteiger partial charge in [0.1, 0.15) is 0 Å². The Hall–Kier alpha value is 0.420. The minimum Gasteiger partial charge on any atom is -0.391 e. The fourth-order valence-electron chi connectivity index (χ4n) is 2.15. The van der Waals surface area contributed by atoms with Gasteiger partial charge in [0.2, 0.25) is 0 Å². The minimum absolute atomic E-state index is 0.150. The van der Waals surface area contributed by atoms with Crippen LogP contribution in [0.3, 0.4) is 0 Å².